The Morgan fingerprint density at radius 3 is 2.32 bits per heavy atom. The van der Waals surface area contributed by atoms with Crippen molar-refractivity contribution < 1.29 is 24.5 Å². The molecule has 0 heterocycles. The molecule has 0 saturated carbocycles. The lowest BCUT2D eigenvalue weighted by Crippen LogP contribution is -2.43. The van der Waals surface area contributed by atoms with E-state index in [2.05, 4.69) is 10.9 Å². The van der Waals surface area contributed by atoms with Gasteiger partial charge in [0, 0.05) is 11.1 Å². The molecule has 0 aliphatic heterocycles. The van der Waals surface area contributed by atoms with Crippen LogP contribution >= 0.6 is 11.6 Å². The Morgan fingerprint density at radius 1 is 1.08 bits per heavy atom. The summed E-state index contributed by atoms with van der Waals surface area (Å²) in [5, 5.41) is 19.4. The molecule has 0 aliphatic carbocycles. The predicted molar refractivity (Wildman–Crippen MR) is 91.8 cm³/mol. The molecule has 0 bridgehead atoms. The van der Waals surface area contributed by atoms with Crippen LogP contribution in [-0.4, -0.2) is 28.6 Å². The number of benzene rings is 2. The number of amides is 2. The van der Waals surface area contributed by atoms with E-state index in [1.54, 1.807) is 12.1 Å². The van der Waals surface area contributed by atoms with Gasteiger partial charge < -0.3 is 14.9 Å². The number of hydrogen-bond acceptors (Lipinski definition) is 5. The molecule has 7 nitrogen and oxygen atoms in total. The Bertz CT molecular complexity index is 800. The first-order chi connectivity index (χ1) is 11.8. The first kappa shape index (κ1) is 18.4. The highest BCUT2D eigenvalue weighted by molar-refractivity contribution is 6.32. The Kier molecular flexibility index (Phi) is 5.71. The molecule has 2 rings (SSSR count). The maximum atomic E-state index is 11.9. The molecule has 132 valence electrons. The van der Waals surface area contributed by atoms with Gasteiger partial charge in [0.05, 0.1) is 5.56 Å². The molecule has 0 unspecified atom stereocenters. The Labute approximate surface area is 149 Å². The fraction of sp³-hybridized carbons (Fsp3) is 0.176. The van der Waals surface area contributed by atoms with Crippen molar-refractivity contribution in [2.45, 2.75) is 13.8 Å². The van der Waals surface area contributed by atoms with E-state index >= 15 is 0 Å². The Balaban J connectivity index is 1.87. The number of phenols is 2. The third kappa shape index (κ3) is 4.77. The molecular formula is C17H17ClN2O5. The quantitative estimate of drug-likeness (QED) is 0.622. The molecule has 0 atom stereocenters. The minimum Gasteiger partial charge on any atom is -0.508 e. The van der Waals surface area contributed by atoms with Crippen molar-refractivity contribution in [2.24, 2.45) is 0 Å². The summed E-state index contributed by atoms with van der Waals surface area (Å²) in [5.74, 6) is -1.42. The van der Waals surface area contributed by atoms with Crippen LogP contribution in [0.2, 0.25) is 5.02 Å². The lowest BCUT2D eigenvalue weighted by atomic mass is 10.1. The standard InChI is InChI=1S/C17H17ClN2O5/c1-9-5-12(6-10(2)16(9)18)25-8-15(23)19-20-17(24)13-4-3-11(21)7-14(13)22/h3-7,21-22H,8H2,1-2H3,(H,19,23)(H,20,24). The number of halogens is 1. The number of hydrogen-bond donors (Lipinski definition) is 4. The first-order valence-corrected chi connectivity index (χ1v) is 7.66. The van der Waals surface area contributed by atoms with Crippen molar-refractivity contribution in [3.8, 4) is 17.2 Å². The van der Waals surface area contributed by atoms with Crippen LogP contribution in [0.25, 0.3) is 0 Å². The lowest BCUT2D eigenvalue weighted by molar-refractivity contribution is -0.123. The van der Waals surface area contributed by atoms with Gasteiger partial charge in [0.2, 0.25) is 0 Å². The molecule has 8 heteroatoms. The van der Waals surface area contributed by atoms with Crippen molar-refractivity contribution in [1.82, 2.24) is 10.9 Å². The summed E-state index contributed by atoms with van der Waals surface area (Å²) in [6, 6.07) is 6.89. The van der Waals surface area contributed by atoms with E-state index in [1.807, 2.05) is 13.8 Å². The van der Waals surface area contributed by atoms with E-state index in [-0.39, 0.29) is 17.9 Å². The van der Waals surface area contributed by atoms with E-state index in [0.29, 0.717) is 10.8 Å². The van der Waals surface area contributed by atoms with Crippen LogP contribution in [0.1, 0.15) is 21.5 Å². The van der Waals surface area contributed by atoms with Crippen molar-refractivity contribution in [3.05, 3.63) is 52.0 Å². The smallest absolute Gasteiger partial charge is 0.276 e. The van der Waals surface area contributed by atoms with Crippen LogP contribution in [-0.2, 0) is 4.79 Å². The van der Waals surface area contributed by atoms with Gasteiger partial charge in [-0.2, -0.15) is 0 Å². The average Bonchev–Trinajstić information content (AvgIpc) is 2.55. The third-order valence-corrected chi connectivity index (χ3v) is 3.92. The van der Waals surface area contributed by atoms with E-state index in [9.17, 15) is 19.8 Å². The zero-order valence-corrected chi connectivity index (χ0v) is 14.3. The number of hydrazine groups is 1. The summed E-state index contributed by atoms with van der Waals surface area (Å²) >= 11 is 6.06. The number of rotatable bonds is 4. The zero-order chi connectivity index (χ0) is 18.6. The zero-order valence-electron chi connectivity index (χ0n) is 13.6. The number of phenolic OH excluding ortho intramolecular Hbond substituents is 2. The maximum absolute atomic E-state index is 11.9. The highest BCUT2D eigenvalue weighted by Crippen LogP contribution is 2.25. The van der Waals surface area contributed by atoms with Gasteiger partial charge in [0.1, 0.15) is 17.2 Å². The maximum Gasteiger partial charge on any atom is 0.276 e. The highest BCUT2D eigenvalue weighted by atomic mass is 35.5. The van der Waals surface area contributed by atoms with Gasteiger partial charge in [-0.3, -0.25) is 20.4 Å². The third-order valence-electron chi connectivity index (χ3n) is 3.32. The summed E-state index contributed by atoms with van der Waals surface area (Å²) < 4.78 is 5.36. The van der Waals surface area contributed by atoms with Crippen LogP contribution < -0.4 is 15.6 Å². The molecule has 0 spiro atoms. The summed E-state index contributed by atoms with van der Waals surface area (Å²) in [4.78, 5) is 23.6. The molecule has 2 aromatic carbocycles. The van der Waals surface area contributed by atoms with Crippen LogP contribution in [0.5, 0.6) is 17.2 Å². The van der Waals surface area contributed by atoms with Crippen LogP contribution in [0.15, 0.2) is 30.3 Å². The van der Waals surface area contributed by atoms with E-state index in [1.165, 1.54) is 12.1 Å². The Hall–Kier alpha value is -2.93. The normalized spacial score (nSPS) is 10.2. The number of carbonyl (C=O) groups is 2. The predicted octanol–water partition coefficient (Wildman–Crippen LogP) is 2.21. The lowest BCUT2D eigenvalue weighted by Gasteiger charge is -2.11. The molecule has 2 aromatic rings. The second-order valence-electron chi connectivity index (χ2n) is 5.36. The minimum absolute atomic E-state index is 0.0945. The largest absolute Gasteiger partial charge is 0.508 e. The van der Waals surface area contributed by atoms with Crippen molar-refractivity contribution >= 4 is 23.4 Å². The molecule has 0 aliphatic rings. The molecule has 0 saturated heterocycles. The van der Waals surface area contributed by atoms with Gasteiger partial charge in [-0.25, -0.2) is 0 Å². The molecule has 0 aromatic heterocycles. The van der Waals surface area contributed by atoms with Gasteiger partial charge in [0.15, 0.2) is 6.61 Å². The van der Waals surface area contributed by atoms with Gasteiger partial charge in [-0.1, -0.05) is 11.6 Å². The van der Waals surface area contributed by atoms with Crippen molar-refractivity contribution in [3.63, 3.8) is 0 Å². The first-order valence-electron chi connectivity index (χ1n) is 7.28. The monoisotopic (exact) mass is 364 g/mol. The minimum atomic E-state index is -0.732. The highest BCUT2D eigenvalue weighted by Gasteiger charge is 2.13. The van der Waals surface area contributed by atoms with Gasteiger partial charge in [-0.15, -0.1) is 0 Å². The molecule has 4 N–H and O–H groups in total. The molecule has 0 radical (unpaired) electrons. The fourth-order valence-electron chi connectivity index (χ4n) is 2.08. The van der Waals surface area contributed by atoms with E-state index < -0.39 is 17.6 Å². The topological polar surface area (TPSA) is 108 Å². The SMILES string of the molecule is Cc1cc(OCC(=O)NNC(=O)c2ccc(O)cc2O)cc(C)c1Cl. The van der Waals surface area contributed by atoms with Gasteiger partial charge >= 0.3 is 0 Å². The van der Waals surface area contributed by atoms with Crippen LogP contribution in [0.4, 0.5) is 0 Å². The Morgan fingerprint density at radius 2 is 1.72 bits per heavy atom. The number of aromatic hydroxyl groups is 2. The van der Waals surface area contributed by atoms with Crippen LogP contribution in [0, 0.1) is 13.8 Å². The van der Waals surface area contributed by atoms with Gasteiger partial charge in [0.25, 0.3) is 11.8 Å². The molecule has 25 heavy (non-hydrogen) atoms. The summed E-state index contributed by atoms with van der Waals surface area (Å²) in [6.45, 7) is 3.33. The van der Waals surface area contributed by atoms with Crippen molar-refractivity contribution in [1.29, 1.82) is 0 Å². The van der Waals surface area contributed by atoms with Gasteiger partial charge in [-0.05, 0) is 49.2 Å². The second kappa shape index (κ2) is 7.76. The van der Waals surface area contributed by atoms with E-state index in [0.717, 1.165) is 17.2 Å². The van der Waals surface area contributed by atoms with E-state index in [4.69, 9.17) is 16.3 Å². The number of ether oxygens (including phenoxy) is 1. The molecule has 2 amide bonds. The number of aryl methyl sites for hydroxylation is 2. The second-order valence-corrected chi connectivity index (χ2v) is 5.74. The summed E-state index contributed by atoms with van der Waals surface area (Å²) in [5.41, 5.74) is 5.88. The van der Waals surface area contributed by atoms with Crippen LogP contribution in [0.3, 0.4) is 0 Å². The fourth-order valence-corrected chi connectivity index (χ4v) is 2.19. The molecule has 0 fully saturated rings. The van der Waals surface area contributed by atoms with Crippen molar-refractivity contribution in [2.75, 3.05) is 6.61 Å². The summed E-state index contributed by atoms with van der Waals surface area (Å²) in [6.07, 6.45) is 0. The number of carbonyl (C=O) groups excluding carboxylic acids is 2. The molecular weight excluding hydrogens is 348 g/mol. The number of nitrogens with one attached hydrogen (secondary N) is 2. The summed E-state index contributed by atoms with van der Waals surface area (Å²) in [7, 11) is 0. The average molecular weight is 365 g/mol.